The monoisotopic (exact) mass is 294 g/mol. The summed E-state index contributed by atoms with van der Waals surface area (Å²) in [4.78, 5) is 0. The standard InChI is InChI=1S/C18H30O3/c1-2-8-13(7-1)16-19-17(14-9-3-4-10-14)21-18(20-16)15-11-5-6-12-15/h13-18H,1-12H2. The molecule has 120 valence electrons. The molecule has 1 saturated heterocycles. The molecule has 3 heteroatoms. The first kappa shape index (κ1) is 14.5. The Balaban J connectivity index is 1.45. The molecule has 1 heterocycles. The van der Waals surface area contributed by atoms with Crippen molar-refractivity contribution in [3.05, 3.63) is 0 Å². The summed E-state index contributed by atoms with van der Waals surface area (Å²) < 4.78 is 18.9. The Bertz CT molecular complexity index is 269. The predicted molar refractivity (Wildman–Crippen MR) is 80.5 cm³/mol. The van der Waals surface area contributed by atoms with Crippen molar-refractivity contribution in [3.8, 4) is 0 Å². The van der Waals surface area contributed by atoms with Gasteiger partial charge in [-0.25, -0.2) is 0 Å². The van der Waals surface area contributed by atoms with Crippen LogP contribution in [0.4, 0.5) is 0 Å². The van der Waals surface area contributed by atoms with Gasteiger partial charge >= 0.3 is 0 Å². The molecular weight excluding hydrogens is 264 g/mol. The summed E-state index contributed by atoms with van der Waals surface area (Å²) in [6, 6.07) is 0. The highest BCUT2D eigenvalue weighted by atomic mass is 16.9. The van der Waals surface area contributed by atoms with E-state index in [2.05, 4.69) is 0 Å². The lowest BCUT2D eigenvalue weighted by atomic mass is 10.0. The minimum Gasteiger partial charge on any atom is -0.323 e. The molecule has 3 nitrogen and oxygen atoms in total. The third-order valence-electron chi connectivity index (χ3n) is 6.16. The zero-order chi connectivity index (χ0) is 14.1. The van der Waals surface area contributed by atoms with E-state index in [4.69, 9.17) is 14.2 Å². The van der Waals surface area contributed by atoms with E-state index in [9.17, 15) is 0 Å². The van der Waals surface area contributed by atoms with Crippen molar-refractivity contribution in [2.24, 2.45) is 17.8 Å². The van der Waals surface area contributed by atoms with Crippen molar-refractivity contribution in [2.75, 3.05) is 0 Å². The van der Waals surface area contributed by atoms with E-state index >= 15 is 0 Å². The third-order valence-corrected chi connectivity index (χ3v) is 6.16. The number of hydrogen-bond acceptors (Lipinski definition) is 3. The first-order chi connectivity index (χ1) is 10.4. The topological polar surface area (TPSA) is 27.7 Å². The van der Waals surface area contributed by atoms with Gasteiger partial charge in [0.05, 0.1) is 0 Å². The molecule has 1 aliphatic heterocycles. The molecule has 0 bridgehead atoms. The van der Waals surface area contributed by atoms with Crippen molar-refractivity contribution in [2.45, 2.75) is 95.9 Å². The summed E-state index contributed by atoms with van der Waals surface area (Å²) in [5.41, 5.74) is 0. The van der Waals surface area contributed by atoms with E-state index in [0.29, 0.717) is 17.8 Å². The number of rotatable bonds is 3. The predicted octanol–water partition coefficient (Wildman–Crippen LogP) is 4.60. The highest BCUT2D eigenvalue weighted by Crippen LogP contribution is 2.41. The van der Waals surface area contributed by atoms with Gasteiger partial charge in [0, 0.05) is 17.8 Å². The molecular formula is C18H30O3. The normalized spacial score (nSPS) is 40.3. The number of ether oxygens (including phenoxy) is 3. The third kappa shape index (κ3) is 3.16. The van der Waals surface area contributed by atoms with Crippen molar-refractivity contribution in [1.82, 2.24) is 0 Å². The fourth-order valence-electron chi connectivity index (χ4n) is 4.85. The van der Waals surface area contributed by atoms with Crippen LogP contribution in [0, 0.1) is 17.8 Å². The van der Waals surface area contributed by atoms with Crippen LogP contribution in [0.15, 0.2) is 0 Å². The largest absolute Gasteiger partial charge is 0.323 e. The molecule has 4 fully saturated rings. The molecule has 0 unspecified atom stereocenters. The fourth-order valence-corrected chi connectivity index (χ4v) is 4.85. The van der Waals surface area contributed by atoms with Crippen LogP contribution < -0.4 is 0 Å². The maximum atomic E-state index is 6.30. The average molecular weight is 294 g/mol. The second-order valence-electron chi connectivity index (χ2n) is 7.65. The highest BCUT2D eigenvalue weighted by molar-refractivity contribution is 4.80. The van der Waals surface area contributed by atoms with Gasteiger partial charge in [0.1, 0.15) is 0 Å². The van der Waals surface area contributed by atoms with E-state index in [0.717, 1.165) is 0 Å². The van der Waals surface area contributed by atoms with Gasteiger partial charge in [-0.3, -0.25) is 0 Å². The maximum absolute atomic E-state index is 6.30. The minimum absolute atomic E-state index is 0.0115. The Morgan fingerprint density at radius 1 is 0.381 bits per heavy atom. The summed E-state index contributed by atoms with van der Waals surface area (Å²) in [6.45, 7) is 0. The molecule has 0 aromatic rings. The summed E-state index contributed by atoms with van der Waals surface area (Å²) >= 11 is 0. The van der Waals surface area contributed by atoms with Crippen LogP contribution in [0.25, 0.3) is 0 Å². The van der Waals surface area contributed by atoms with E-state index < -0.39 is 0 Å². The molecule has 3 saturated carbocycles. The van der Waals surface area contributed by atoms with Crippen LogP contribution in [0.3, 0.4) is 0 Å². The lowest BCUT2D eigenvalue weighted by Crippen LogP contribution is -2.48. The lowest BCUT2D eigenvalue weighted by Gasteiger charge is -2.42. The molecule has 0 aromatic heterocycles. The highest BCUT2D eigenvalue weighted by Gasteiger charge is 2.43. The van der Waals surface area contributed by atoms with E-state index in [1.165, 1.54) is 77.0 Å². The summed E-state index contributed by atoms with van der Waals surface area (Å²) in [5.74, 6) is 1.84. The molecule has 3 aliphatic carbocycles. The van der Waals surface area contributed by atoms with Crippen LogP contribution in [-0.4, -0.2) is 18.9 Å². The zero-order valence-electron chi connectivity index (χ0n) is 13.2. The van der Waals surface area contributed by atoms with Crippen LogP contribution in [0.1, 0.15) is 77.0 Å². The van der Waals surface area contributed by atoms with Crippen LogP contribution in [-0.2, 0) is 14.2 Å². The lowest BCUT2D eigenvalue weighted by molar-refractivity contribution is -0.413. The molecule has 0 N–H and O–H groups in total. The van der Waals surface area contributed by atoms with Crippen molar-refractivity contribution in [3.63, 3.8) is 0 Å². The van der Waals surface area contributed by atoms with Crippen LogP contribution in [0.2, 0.25) is 0 Å². The summed E-state index contributed by atoms with van der Waals surface area (Å²) in [7, 11) is 0. The first-order valence-electron chi connectivity index (χ1n) is 9.36. The van der Waals surface area contributed by atoms with Gasteiger partial charge in [-0.05, 0) is 38.5 Å². The Morgan fingerprint density at radius 2 is 0.619 bits per heavy atom. The fraction of sp³-hybridized carbons (Fsp3) is 1.00. The second-order valence-corrected chi connectivity index (χ2v) is 7.65. The van der Waals surface area contributed by atoms with E-state index in [1.807, 2.05) is 0 Å². The smallest absolute Gasteiger partial charge is 0.166 e. The molecule has 0 spiro atoms. The second kappa shape index (κ2) is 6.55. The van der Waals surface area contributed by atoms with Gasteiger partial charge in [0.25, 0.3) is 0 Å². The molecule has 0 amide bonds. The van der Waals surface area contributed by atoms with Gasteiger partial charge in [-0.2, -0.15) is 0 Å². The van der Waals surface area contributed by atoms with Crippen LogP contribution in [0.5, 0.6) is 0 Å². The van der Waals surface area contributed by atoms with E-state index in [1.54, 1.807) is 0 Å². The minimum atomic E-state index is 0.0115. The van der Waals surface area contributed by atoms with Crippen molar-refractivity contribution < 1.29 is 14.2 Å². The Kier molecular flexibility index (Phi) is 4.52. The average Bonchev–Trinajstić information content (AvgIpc) is 3.29. The summed E-state index contributed by atoms with van der Waals surface area (Å²) in [6.07, 6.45) is 15.8. The van der Waals surface area contributed by atoms with Gasteiger partial charge < -0.3 is 14.2 Å². The van der Waals surface area contributed by atoms with E-state index in [-0.39, 0.29) is 18.9 Å². The van der Waals surface area contributed by atoms with Gasteiger partial charge in [0.15, 0.2) is 18.9 Å². The molecule has 21 heavy (non-hydrogen) atoms. The van der Waals surface area contributed by atoms with Gasteiger partial charge in [0.2, 0.25) is 0 Å². The zero-order valence-corrected chi connectivity index (χ0v) is 13.2. The van der Waals surface area contributed by atoms with Crippen molar-refractivity contribution >= 4 is 0 Å². The summed E-state index contributed by atoms with van der Waals surface area (Å²) in [5, 5.41) is 0. The Hall–Kier alpha value is -0.120. The van der Waals surface area contributed by atoms with Gasteiger partial charge in [-0.1, -0.05) is 38.5 Å². The maximum Gasteiger partial charge on any atom is 0.166 e. The molecule has 4 aliphatic rings. The SMILES string of the molecule is C1CCC(C2OC(C3CCCC3)OC(C3CCCC3)O2)C1. The number of hydrogen-bond donors (Lipinski definition) is 0. The molecule has 0 atom stereocenters. The first-order valence-corrected chi connectivity index (χ1v) is 9.36. The molecule has 4 rings (SSSR count). The molecule has 0 aromatic carbocycles. The quantitative estimate of drug-likeness (QED) is 0.761. The Morgan fingerprint density at radius 3 is 0.857 bits per heavy atom. The van der Waals surface area contributed by atoms with Crippen molar-refractivity contribution in [1.29, 1.82) is 0 Å². The van der Waals surface area contributed by atoms with Gasteiger partial charge in [-0.15, -0.1) is 0 Å². The Labute approximate surface area is 128 Å². The molecule has 0 radical (unpaired) electrons. The van der Waals surface area contributed by atoms with Crippen LogP contribution >= 0.6 is 0 Å².